The van der Waals surface area contributed by atoms with Crippen molar-refractivity contribution < 1.29 is 24.3 Å². The quantitative estimate of drug-likeness (QED) is 0.620. The van der Waals surface area contributed by atoms with Gasteiger partial charge in [-0.05, 0) is 26.2 Å². The van der Waals surface area contributed by atoms with Crippen LogP contribution in [0, 0.1) is 5.92 Å². The summed E-state index contributed by atoms with van der Waals surface area (Å²) in [5, 5.41) is 15.6. The molecule has 3 N–H and O–H groups in total. The number of nitrogens with one attached hydrogen (secondary N) is 2. The predicted molar refractivity (Wildman–Crippen MR) is 102 cm³/mol. The first kappa shape index (κ1) is 20.2. The standard InChI is InChI=1S/C18H24N4O5S/c1-18(2)15(26)22(17(27)21-18)12(8-10-6-4-3-5-7-10)13(23)20-16-19-11(9-28-16)14(24)25/h9-10,12H,3-8H2,1-2H3,(H,21,27)(H,24,25)(H,19,20,23)/t12-/m0/s1. The maximum Gasteiger partial charge on any atom is 0.355 e. The van der Waals surface area contributed by atoms with Gasteiger partial charge in [0.2, 0.25) is 5.91 Å². The van der Waals surface area contributed by atoms with Crippen molar-refractivity contribution in [2.24, 2.45) is 5.92 Å². The fourth-order valence-corrected chi connectivity index (χ4v) is 4.43. The topological polar surface area (TPSA) is 129 Å². The average molecular weight is 408 g/mol. The molecule has 1 saturated carbocycles. The van der Waals surface area contributed by atoms with Crippen LogP contribution in [0.3, 0.4) is 0 Å². The number of hydrogen-bond acceptors (Lipinski definition) is 6. The van der Waals surface area contributed by atoms with Crippen LogP contribution >= 0.6 is 11.3 Å². The van der Waals surface area contributed by atoms with Gasteiger partial charge in [0.05, 0.1) is 0 Å². The van der Waals surface area contributed by atoms with Crippen LogP contribution in [0.25, 0.3) is 0 Å². The highest BCUT2D eigenvalue weighted by Crippen LogP contribution is 2.31. The normalized spacial score (nSPS) is 20.7. The molecule has 4 amide bonds. The number of carbonyl (C=O) groups excluding carboxylic acids is 3. The number of nitrogens with zero attached hydrogens (tertiary/aromatic N) is 2. The number of hydrogen-bond donors (Lipinski definition) is 3. The summed E-state index contributed by atoms with van der Waals surface area (Å²) in [5.74, 6) is -1.91. The second-order valence-corrected chi connectivity index (χ2v) is 8.68. The summed E-state index contributed by atoms with van der Waals surface area (Å²) >= 11 is 0.986. The van der Waals surface area contributed by atoms with Crippen molar-refractivity contribution in [2.45, 2.75) is 64.0 Å². The van der Waals surface area contributed by atoms with Crippen LogP contribution in [-0.2, 0) is 9.59 Å². The minimum Gasteiger partial charge on any atom is -0.476 e. The molecule has 0 bridgehead atoms. The molecule has 0 radical (unpaired) electrons. The maximum absolute atomic E-state index is 13.0. The third-order valence-corrected chi connectivity index (χ3v) is 6.00. The number of rotatable bonds is 6. The third-order valence-electron chi connectivity index (χ3n) is 5.24. The van der Waals surface area contributed by atoms with E-state index in [1.165, 1.54) is 5.38 Å². The Morgan fingerprint density at radius 3 is 2.57 bits per heavy atom. The molecule has 1 atom stereocenters. The molecule has 1 aromatic heterocycles. The van der Waals surface area contributed by atoms with Crippen LogP contribution in [-0.4, -0.2) is 50.4 Å². The first-order valence-electron chi connectivity index (χ1n) is 9.34. The Labute approximate surface area is 166 Å². The Morgan fingerprint density at radius 2 is 2.04 bits per heavy atom. The molecule has 28 heavy (non-hydrogen) atoms. The number of carboxylic acids is 1. The molecule has 2 fully saturated rings. The molecule has 1 saturated heterocycles. The molecular weight excluding hydrogens is 384 g/mol. The molecule has 1 aromatic rings. The lowest BCUT2D eigenvalue weighted by molar-refractivity contribution is -0.136. The Morgan fingerprint density at radius 1 is 1.36 bits per heavy atom. The number of aromatic nitrogens is 1. The van der Waals surface area contributed by atoms with Crippen molar-refractivity contribution in [1.82, 2.24) is 15.2 Å². The van der Waals surface area contributed by atoms with Crippen molar-refractivity contribution >= 4 is 40.3 Å². The fourth-order valence-electron chi connectivity index (χ4n) is 3.74. The highest BCUT2D eigenvalue weighted by atomic mass is 32.1. The van der Waals surface area contributed by atoms with E-state index < -0.39 is 35.4 Å². The molecule has 1 aliphatic heterocycles. The first-order chi connectivity index (χ1) is 13.2. The summed E-state index contributed by atoms with van der Waals surface area (Å²) in [5.41, 5.74) is -1.24. The largest absolute Gasteiger partial charge is 0.476 e. The summed E-state index contributed by atoms with van der Waals surface area (Å²) in [4.78, 5) is 54.0. The summed E-state index contributed by atoms with van der Waals surface area (Å²) in [6.45, 7) is 3.20. The number of carbonyl (C=O) groups is 4. The van der Waals surface area contributed by atoms with E-state index in [2.05, 4.69) is 15.6 Å². The lowest BCUT2D eigenvalue weighted by atomic mass is 9.84. The van der Waals surface area contributed by atoms with E-state index in [9.17, 15) is 19.2 Å². The van der Waals surface area contributed by atoms with Crippen LogP contribution in [0.1, 0.15) is 62.9 Å². The summed E-state index contributed by atoms with van der Waals surface area (Å²) in [7, 11) is 0. The number of imide groups is 1. The van der Waals surface area contributed by atoms with Gasteiger partial charge in [-0.1, -0.05) is 32.1 Å². The van der Waals surface area contributed by atoms with Crippen LogP contribution < -0.4 is 10.6 Å². The van der Waals surface area contributed by atoms with Crippen molar-refractivity contribution in [2.75, 3.05) is 5.32 Å². The minimum atomic E-state index is -1.19. The van der Waals surface area contributed by atoms with Crippen molar-refractivity contribution in [1.29, 1.82) is 0 Å². The Balaban J connectivity index is 1.82. The Hall–Kier alpha value is -2.49. The van der Waals surface area contributed by atoms with Crippen LogP contribution in [0.2, 0.25) is 0 Å². The highest BCUT2D eigenvalue weighted by Gasteiger charge is 2.49. The number of thiazole rings is 1. The lowest BCUT2D eigenvalue weighted by Gasteiger charge is -2.30. The molecule has 10 heteroatoms. The van der Waals surface area contributed by atoms with Gasteiger partial charge >= 0.3 is 12.0 Å². The zero-order chi connectivity index (χ0) is 20.5. The smallest absolute Gasteiger partial charge is 0.355 e. The van der Waals surface area contributed by atoms with E-state index in [1.54, 1.807) is 13.8 Å². The van der Waals surface area contributed by atoms with Gasteiger partial charge in [0, 0.05) is 5.38 Å². The van der Waals surface area contributed by atoms with E-state index in [4.69, 9.17) is 5.11 Å². The van der Waals surface area contributed by atoms with E-state index in [0.717, 1.165) is 48.3 Å². The van der Waals surface area contributed by atoms with Crippen molar-refractivity contribution in [3.63, 3.8) is 0 Å². The fraction of sp³-hybridized carbons (Fsp3) is 0.611. The zero-order valence-corrected chi connectivity index (χ0v) is 16.7. The first-order valence-corrected chi connectivity index (χ1v) is 10.2. The molecule has 152 valence electrons. The van der Waals surface area contributed by atoms with E-state index in [0.29, 0.717) is 6.42 Å². The van der Waals surface area contributed by atoms with Crippen LogP contribution in [0.15, 0.2) is 5.38 Å². The van der Waals surface area contributed by atoms with Crippen LogP contribution in [0.4, 0.5) is 9.93 Å². The van der Waals surface area contributed by atoms with Gasteiger partial charge in [-0.15, -0.1) is 11.3 Å². The molecular formula is C18H24N4O5S. The van der Waals surface area contributed by atoms with Gasteiger partial charge in [0.25, 0.3) is 5.91 Å². The minimum absolute atomic E-state index is 0.127. The number of aromatic carboxylic acids is 1. The van der Waals surface area contributed by atoms with Crippen molar-refractivity contribution in [3.05, 3.63) is 11.1 Å². The number of urea groups is 1. The van der Waals surface area contributed by atoms with Gasteiger partial charge in [0.1, 0.15) is 11.6 Å². The summed E-state index contributed by atoms with van der Waals surface area (Å²) in [6, 6.07) is -1.55. The molecule has 0 spiro atoms. The molecule has 3 rings (SSSR count). The summed E-state index contributed by atoms with van der Waals surface area (Å²) < 4.78 is 0. The molecule has 0 aromatic carbocycles. The molecule has 9 nitrogen and oxygen atoms in total. The number of carboxylic acid groups (broad SMARTS) is 1. The van der Waals surface area contributed by atoms with Gasteiger partial charge in [0.15, 0.2) is 10.8 Å². The average Bonchev–Trinajstić information content (AvgIpc) is 3.17. The second-order valence-electron chi connectivity index (χ2n) is 7.82. The van der Waals surface area contributed by atoms with Crippen LogP contribution in [0.5, 0.6) is 0 Å². The lowest BCUT2D eigenvalue weighted by Crippen LogP contribution is -2.49. The van der Waals surface area contributed by atoms with Gasteiger partial charge in [-0.2, -0.15) is 0 Å². The van der Waals surface area contributed by atoms with Gasteiger partial charge in [-0.25, -0.2) is 19.5 Å². The SMILES string of the molecule is CC1(C)NC(=O)N([C@@H](CC2CCCCC2)C(=O)Nc2nc(C(=O)O)cs2)C1=O. The van der Waals surface area contributed by atoms with E-state index in [1.807, 2.05) is 0 Å². The molecule has 0 unspecified atom stereocenters. The van der Waals surface area contributed by atoms with E-state index >= 15 is 0 Å². The van der Waals surface area contributed by atoms with Gasteiger partial charge < -0.3 is 15.7 Å². The molecule has 2 heterocycles. The van der Waals surface area contributed by atoms with Crippen molar-refractivity contribution in [3.8, 4) is 0 Å². The van der Waals surface area contributed by atoms with E-state index in [-0.39, 0.29) is 16.7 Å². The van der Waals surface area contributed by atoms with Gasteiger partial charge in [-0.3, -0.25) is 9.59 Å². The molecule has 1 aliphatic carbocycles. The number of amides is 4. The summed E-state index contributed by atoms with van der Waals surface area (Å²) in [6.07, 6.45) is 5.59. The third kappa shape index (κ3) is 4.16. The second kappa shape index (κ2) is 7.86. The monoisotopic (exact) mass is 408 g/mol. The maximum atomic E-state index is 13.0. The predicted octanol–water partition coefficient (Wildman–Crippen LogP) is 2.45. The zero-order valence-electron chi connectivity index (χ0n) is 15.9. The Kier molecular flexibility index (Phi) is 5.69. The number of anilines is 1. The highest BCUT2D eigenvalue weighted by molar-refractivity contribution is 7.14. The molecule has 2 aliphatic rings. The Bertz CT molecular complexity index is 800.